The van der Waals surface area contributed by atoms with Gasteiger partial charge in [-0.3, -0.25) is 0 Å². The zero-order valence-electron chi connectivity index (χ0n) is 7.11. The van der Waals surface area contributed by atoms with Crippen molar-refractivity contribution >= 4 is 0 Å². The lowest BCUT2D eigenvalue weighted by Gasteiger charge is -1.99. The van der Waals surface area contributed by atoms with Crippen molar-refractivity contribution in [1.82, 2.24) is 10.6 Å². The maximum atomic E-state index is 3.33. The quantitative estimate of drug-likeness (QED) is 0.553. The van der Waals surface area contributed by atoms with Crippen LogP contribution < -0.4 is 10.6 Å². The van der Waals surface area contributed by atoms with Gasteiger partial charge in [0, 0.05) is 6.42 Å². The molecule has 2 nitrogen and oxygen atoms in total. The van der Waals surface area contributed by atoms with Gasteiger partial charge in [-0.05, 0) is 32.5 Å². The molecule has 0 aromatic heterocycles. The Labute approximate surface area is 68.8 Å². The van der Waals surface area contributed by atoms with Gasteiger partial charge in [-0.15, -0.1) is 5.92 Å². The van der Waals surface area contributed by atoms with Gasteiger partial charge in [0.05, 0.1) is 6.54 Å². The van der Waals surface area contributed by atoms with Gasteiger partial charge in [0.2, 0.25) is 0 Å². The van der Waals surface area contributed by atoms with Crippen molar-refractivity contribution in [2.24, 2.45) is 5.92 Å². The van der Waals surface area contributed by atoms with E-state index in [1.807, 2.05) is 7.05 Å². The van der Waals surface area contributed by atoms with Crippen LogP contribution in [-0.2, 0) is 0 Å². The summed E-state index contributed by atoms with van der Waals surface area (Å²) in [7, 11) is 1.92. The van der Waals surface area contributed by atoms with E-state index in [4.69, 9.17) is 0 Å². The largest absolute Gasteiger partial charge is 0.316 e. The summed E-state index contributed by atoms with van der Waals surface area (Å²) in [5, 5.41) is 6.33. The highest BCUT2D eigenvalue weighted by atomic mass is 14.9. The first kappa shape index (κ1) is 8.58. The Morgan fingerprint density at radius 1 is 1.55 bits per heavy atom. The molecule has 1 unspecified atom stereocenters. The van der Waals surface area contributed by atoms with E-state index in [9.17, 15) is 0 Å². The van der Waals surface area contributed by atoms with Crippen LogP contribution in [0.15, 0.2) is 0 Å². The SMILES string of the molecule is CNCC#CCC1CCNC1. The van der Waals surface area contributed by atoms with Crippen molar-refractivity contribution < 1.29 is 0 Å². The second-order valence-electron chi connectivity index (χ2n) is 2.95. The summed E-state index contributed by atoms with van der Waals surface area (Å²) in [5.41, 5.74) is 0. The second kappa shape index (κ2) is 5.17. The van der Waals surface area contributed by atoms with E-state index < -0.39 is 0 Å². The lowest BCUT2D eigenvalue weighted by molar-refractivity contribution is 0.602. The summed E-state index contributed by atoms with van der Waals surface area (Å²) in [6.45, 7) is 3.16. The minimum Gasteiger partial charge on any atom is -0.316 e. The molecule has 1 aliphatic heterocycles. The van der Waals surface area contributed by atoms with E-state index in [1.165, 1.54) is 13.0 Å². The maximum Gasteiger partial charge on any atom is 0.0574 e. The molecule has 1 rings (SSSR count). The summed E-state index contributed by atoms with van der Waals surface area (Å²) in [4.78, 5) is 0. The summed E-state index contributed by atoms with van der Waals surface area (Å²) in [6, 6.07) is 0. The summed E-state index contributed by atoms with van der Waals surface area (Å²) in [5.74, 6) is 7.05. The average molecular weight is 152 g/mol. The summed E-state index contributed by atoms with van der Waals surface area (Å²) < 4.78 is 0. The van der Waals surface area contributed by atoms with Crippen LogP contribution in [0.1, 0.15) is 12.8 Å². The molecule has 0 spiro atoms. The van der Waals surface area contributed by atoms with Crippen molar-refractivity contribution in [2.75, 3.05) is 26.7 Å². The first-order valence-corrected chi connectivity index (χ1v) is 4.24. The highest BCUT2D eigenvalue weighted by Gasteiger charge is 2.11. The van der Waals surface area contributed by atoms with Crippen LogP contribution in [0.25, 0.3) is 0 Å². The Balaban J connectivity index is 2.06. The molecule has 1 heterocycles. The zero-order valence-corrected chi connectivity index (χ0v) is 7.11. The van der Waals surface area contributed by atoms with Gasteiger partial charge in [-0.25, -0.2) is 0 Å². The van der Waals surface area contributed by atoms with Gasteiger partial charge in [0.1, 0.15) is 0 Å². The molecule has 0 aliphatic carbocycles. The van der Waals surface area contributed by atoms with Crippen LogP contribution in [-0.4, -0.2) is 26.7 Å². The van der Waals surface area contributed by atoms with Crippen molar-refractivity contribution in [3.05, 3.63) is 0 Å². The molecule has 0 radical (unpaired) electrons. The summed E-state index contributed by atoms with van der Waals surface area (Å²) >= 11 is 0. The first-order valence-electron chi connectivity index (χ1n) is 4.24. The minimum absolute atomic E-state index is 0.805. The smallest absolute Gasteiger partial charge is 0.0574 e. The van der Waals surface area contributed by atoms with Crippen LogP contribution in [0.4, 0.5) is 0 Å². The van der Waals surface area contributed by atoms with Gasteiger partial charge in [-0.2, -0.15) is 0 Å². The number of nitrogens with one attached hydrogen (secondary N) is 2. The molecule has 2 heteroatoms. The van der Waals surface area contributed by atoms with Crippen molar-refractivity contribution in [3.8, 4) is 11.8 Å². The molecule has 11 heavy (non-hydrogen) atoms. The predicted octanol–water partition coefficient (Wildman–Crippen LogP) is 0.209. The third-order valence-corrected chi connectivity index (χ3v) is 1.94. The Morgan fingerprint density at radius 2 is 2.45 bits per heavy atom. The maximum absolute atomic E-state index is 3.33. The Hall–Kier alpha value is -0.520. The highest BCUT2D eigenvalue weighted by Crippen LogP contribution is 2.10. The molecule has 62 valence electrons. The van der Waals surface area contributed by atoms with E-state index in [1.54, 1.807) is 0 Å². The van der Waals surface area contributed by atoms with E-state index in [2.05, 4.69) is 22.5 Å². The predicted molar refractivity (Wildman–Crippen MR) is 47.3 cm³/mol. The third-order valence-electron chi connectivity index (χ3n) is 1.94. The van der Waals surface area contributed by atoms with E-state index in [0.717, 1.165) is 25.4 Å². The minimum atomic E-state index is 0.805. The van der Waals surface area contributed by atoms with Gasteiger partial charge in [0.25, 0.3) is 0 Å². The third kappa shape index (κ3) is 3.41. The number of hydrogen-bond acceptors (Lipinski definition) is 2. The van der Waals surface area contributed by atoms with Crippen molar-refractivity contribution in [1.29, 1.82) is 0 Å². The van der Waals surface area contributed by atoms with E-state index >= 15 is 0 Å². The molecule has 0 bridgehead atoms. The summed E-state index contributed by atoms with van der Waals surface area (Å²) in [6.07, 6.45) is 2.36. The van der Waals surface area contributed by atoms with Gasteiger partial charge in [0.15, 0.2) is 0 Å². The molecule has 1 aliphatic rings. The Morgan fingerprint density at radius 3 is 3.09 bits per heavy atom. The fourth-order valence-corrected chi connectivity index (χ4v) is 1.26. The lowest BCUT2D eigenvalue weighted by Crippen LogP contribution is -2.08. The molecule has 1 fully saturated rings. The lowest BCUT2D eigenvalue weighted by atomic mass is 10.1. The Bertz CT molecular complexity index is 149. The molecule has 0 aromatic carbocycles. The second-order valence-corrected chi connectivity index (χ2v) is 2.95. The van der Waals surface area contributed by atoms with Gasteiger partial charge < -0.3 is 10.6 Å². The molecule has 1 atom stereocenters. The number of rotatable bonds is 2. The number of hydrogen-bond donors (Lipinski definition) is 2. The topological polar surface area (TPSA) is 24.1 Å². The molecule has 0 aromatic rings. The Kier molecular flexibility index (Phi) is 4.03. The molecule has 2 N–H and O–H groups in total. The van der Waals surface area contributed by atoms with Crippen LogP contribution in [0.5, 0.6) is 0 Å². The van der Waals surface area contributed by atoms with Gasteiger partial charge in [-0.1, -0.05) is 5.92 Å². The van der Waals surface area contributed by atoms with E-state index in [-0.39, 0.29) is 0 Å². The molecule has 1 saturated heterocycles. The molecule has 0 amide bonds. The highest BCUT2D eigenvalue weighted by molar-refractivity contribution is 5.02. The fourth-order valence-electron chi connectivity index (χ4n) is 1.26. The standard InChI is InChI=1S/C9H16N2/c1-10-6-3-2-4-9-5-7-11-8-9/h9-11H,4-8H2,1H3. The van der Waals surface area contributed by atoms with Crippen LogP contribution >= 0.6 is 0 Å². The first-order chi connectivity index (χ1) is 5.43. The van der Waals surface area contributed by atoms with Crippen molar-refractivity contribution in [3.63, 3.8) is 0 Å². The van der Waals surface area contributed by atoms with Crippen LogP contribution in [0.3, 0.4) is 0 Å². The monoisotopic (exact) mass is 152 g/mol. The zero-order chi connectivity index (χ0) is 7.94. The fraction of sp³-hybridized carbons (Fsp3) is 0.778. The molecular weight excluding hydrogens is 136 g/mol. The average Bonchev–Trinajstić information content (AvgIpc) is 2.50. The molecular formula is C9H16N2. The van der Waals surface area contributed by atoms with Crippen molar-refractivity contribution in [2.45, 2.75) is 12.8 Å². The normalized spacial score (nSPS) is 22.8. The van der Waals surface area contributed by atoms with Gasteiger partial charge >= 0.3 is 0 Å². The van der Waals surface area contributed by atoms with Crippen LogP contribution in [0, 0.1) is 17.8 Å². The molecule has 0 saturated carbocycles. The van der Waals surface area contributed by atoms with E-state index in [0.29, 0.717) is 0 Å². The van der Waals surface area contributed by atoms with Crippen LogP contribution in [0.2, 0.25) is 0 Å².